The first kappa shape index (κ1) is 14.3. The summed E-state index contributed by atoms with van der Waals surface area (Å²) >= 11 is 12.9. The van der Waals surface area contributed by atoms with Crippen LogP contribution in [-0.4, -0.2) is 10.6 Å². The van der Waals surface area contributed by atoms with Gasteiger partial charge in [0.1, 0.15) is 0 Å². The second-order valence-corrected chi connectivity index (χ2v) is 7.10. The van der Waals surface area contributed by atoms with Crippen LogP contribution in [0.4, 0.5) is 0 Å². The van der Waals surface area contributed by atoms with E-state index in [9.17, 15) is 4.79 Å². The topological polar surface area (TPSA) is 17.1 Å². The third kappa shape index (κ3) is 5.70. The molecule has 0 amide bonds. The number of allylic oxidation sites excluding steroid dienone is 1. The Kier molecular flexibility index (Phi) is 8.38. The summed E-state index contributed by atoms with van der Waals surface area (Å²) in [7, 11) is 0. The lowest BCUT2D eigenvalue weighted by Crippen LogP contribution is -2.13. The molecule has 0 radical (unpaired) electrons. The van der Waals surface area contributed by atoms with Crippen LogP contribution in [-0.2, 0) is 4.79 Å². The minimum atomic E-state index is -0.0908. The standard InChI is InChI=1S/C8H10Br4O/c1-2-3-4-5(9)7(13)6(10)8(11)12/h5H,2-4H2,1H3/t5-/m1/s1. The molecule has 0 heterocycles. The molecule has 1 atom stereocenters. The van der Waals surface area contributed by atoms with E-state index < -0.39 is 0 Å². The number of carbonyl (C=O) groups excluding carboxylic acids is 1. The van der Waals surface area contributed by atoms with E-state index in [1.165, 1.54) is 0 Å². The molecule has 0 aromatic carbocycles. The van der Waals surface area contributed by atoms with Crippen molar-refractivity contribution in [3.05, 3.63) is 7.87 Å². The Hall–Kier alpha value is 1.33. The van der Waals surface area contributed by atoms with Crippen molar-refractivity contribution < 1.29 is 4.79 Å². The summed E-state index contributed by atoms with van der Waals surface area (Å²) in [5.74, 6) is 0.0669. The van der Waals surface area contributed by atoms with Crippen LogP contribution < -0.4 is 0 Å². The molecule has 76 valence electrons. The Labute approximate surface area is 112 Å². The normalized spacial score (nSPS) is 12.4. The molecule has 0 fully saturated rings. The minimum absolute atomic E-state index is 0.0669. The van der Waals surface area contributed by atoms with E-state index in [0.29, 0.717) is 7.87 Å². The molecular weight excluding hydrogens is 432 g/mol. The van der Waals surface area contributed by atoms with Crippen LogP contribution in [0.2, 0.25) is 0 Å². The number of rotatable bonds is 5. The highest BCUT2D eigenvalue weighted by Crippen LogP contribution is 2.28. The van der Waals surface area contributed by atoms with Crippen LogP contribution in [0.5, 0.6) is 0 Å². The molecule has 13 heavy (non-hydrogen) atoms. The third-order valence-corrected chi connectivity index (χ3v) is 5.00. The second-order valence-electron chi connectivity index (χ2n) is 2.55. The SMILES string of the molecule is CCCC[C@@H](Br)C(=O)C(Br)=C(Br)Br. The fraction of sp³-hybridized carbons (Fsp3) is 0.625. The first-order valence-electron chi connectivity index (χ1n) is 3.89. The molecule has 0 saturated carbocycles. The second kappa shape index (κ2) is 7.60. The lowest BCUT2D eigenvalue weighted by atomic mass is 10.1. The van der Waals surface area contributed by atoms with Gasteiger partial charge in [-0.15, -0.1) is 0 Å². The van der Waals surface area contributed by atoms with E-state index in [1.807, 2.05) is 0 Å². The Morgan fingerprint density at radius 3 is 2.23 bits per heavy atom. The van der Waals surface area contributed by atoms with E-state index >= 15 is 0 Å². The van der Waals surface area contributed by atoms with Crippen molar-refractivity contribution in [2.45, 2.75) is 31.0 Å². The summed E-state index contributed by atoms with van der Waals surface area (Å²) in [6.45, 7) is 2.11. The van der Waals surface area contributed by atoms with Gasteiger partial charge in [0, 0.05) is 0 Å². The van der Waals surface area contributed by atoms with Crippen molar-refractivity contribution >= 4 is 69.5 Å². The van der Waals surface area contributed by atoms with Gasteiger partial charge >= 0.3 is 0 Å². The van der Waals surface area contributed by atoms with E-state index in [0.717, 1.165) is 19.3 Å². The fourth-order valence-electron chi connectivity index (χ4n) is 0.745. The van der Waals surface area contributed by atoms with Gasteiger partial charge in [0.25, 0.3) is 0 Å². The summed E-state index contributed by atoms with van der Waals surface area (Å²) in [5.41, 5.74) is 0. The number of carbonyl (C=O) groups is 1. The molecule has 0 aromatic rings. The Morgan fingerprint density at radius 2 is 1.85 bits per heavy atom. The molecule has 5 heteroatoms. The van der Waals surface area contributed by atoms with Crippen LogP contribution in [0.1, 0.15) is 26.2 Å². The molecule has 0 rings (SSSR count). The Bertz CT molecular complexity index is 208. The van der Waals surface area contributed by atoms with Crippen LogP contribution >= 0.6 is 63.7 Å². The summed E-state index contributed by atoms with van der Waals surface area (Å²) in [4.78, 5) is 11.5. The molecule has 0 aliphatic heterocycles. The van der Waals surface area contributed by atoms with Gasteiger partial charge in [-0.05, 0) is 54.2 Å². The van der Waals surface area contributed by atoms with Gasteiger partial charge in [-0.25, -0.2) is 0 Å². The molecule has 0 aliphatic rings. The van der Waals surface area contributed by atoms with Gasteiger partial charge in [-0.1, -0.05) is 35.7 Å². The van der Waals surface area contributed by atoms with Crippen molar-refractivity contribution in [2.24, 2.45) is 0 Å². The highest BCUT2D eigenvalue weighted by molar-refractivity contribution is 9.29. The van der Waals surface area contributed by atoms with Crippen LogP contribution in [0.3, 0.4) is 0 Å². The number of ketones is 1. The van der Waals surface area contributed by atoms with Crippen LogP contribution in [0, 0.1) is 0 Å². The quantitative estimate of drug-likeness (QED) is 0.440. The zero-order chi connectivity index (χ0) is 10.4. The number of unbranched alkanes of at least 4 members (excludes halogenated alkanes) is 1. The zero-order valence-corrected chi connectivity index (χ0v) is 13.5. The number of hydrogen-bond donors (Lipinski definition) is 0. The van der Waals surface area contributed by atoms with Crippen LogP contribution in [0.15, 0.2) is 7.87 Å². The van der Waals surface area contributed by atoms with E-state index in [-0.39, 0.29) is 10.6 Å². The van der Waals surface area contributed by atoms with Gasteiger partial charge in [0.15, 0.2) is 5.78 Å². The maximum absolute atomic E-state index is 11.6. The largest absolute Gasteiger partial charge is 0.292 e. The smallest absolute Gasteiger partial charge is 0.185 e. The molecular formula is C8H10Br4O. The first-order valence-corrected chi connectivity index (χ1v) is 7.19. The van der Waals surface area contributed by atoms with Gasteiger partial charge in [0.05, 0.1) is 12.7 Å². The number of halogens is 4. The van der Waals surface area contributed by atoms with Crippen molar-refractivity contribution in [3.8, 4) is 0 Å². The molecule has 0 aromatic heterocycles. The maximum Gasteiger partial charge on any atom is 0.185 e. The van der Waals surface area contributed by atoms with E-state index in [2.05, 4.69) is 70.6 Å². The fourth-order valence-corrected chi connectivity index (χ4v) is 2.27. The highest BCUT2D eigenvalue weighted by atomic mass is 79.9. The van der Waals surface area contributed by atoms with Crippen molar-refractivity contribution in [1.29, 1.82) is 0 Å². The van der Waals surface area contributed by atoms with Crippen molar-refractivity contribution in [3.63, 3.8) is 0 Å². The summed E-state index contributed by atoms with van der Waals surface area (Å²) in [6.07, 6.45) is 3.03. The minimum Gasteiger partial charge on any atom is -0.292 e. The summed E-state index contributed by atoms with van der Waals surface area (Å²) < 4.78 is 1.21. The molecule has 0 spiro atoms. The number of hydrogen-bond acceptors (Lipinski definition) is 1. The predicted molar refractivity (Wildman–Crippen MR) is 71.1 cm³/mol. The lowest BCUT2D eigenvalue weighted by Gasteiger charge is -2.07. The average Bonchev–Trinajstić information content (AvgIpc) is 2.11. The van der Waals surface area contributed by atoms with Gasteiger partial charge in [0.2, 0.25) is 0 Å². The summed E-state index contributed by atoms with van der Waals surface area (Å²) in [6, 6.07) is 0. The molecule has 0 aliphatic carbocycles. The van der Waals surface area contributed by atoms with Gasteiger partial charge < -0.3 is 0 Å². The molecule has 0 N–H and O–H groups in total. The molecule has 0 saturated heterocycles. The van der Waals surface area contributed by atoms with Gasteiger partial charge in [-0.3, -0.25) is 4.79 Å². The number of Topliss-reactive ketones (excluding diaryl/α,β-unsaturated/α-hetero) is 1. The molecule has 0 bridgehead atoms. The van der Waals surface area contributed by atoms with E-state index in [4.69, 9.17) is 0 Å². The number of alkyl halides is 1. The van der Waals surface area contributed by atoms with E-state index in [1.54, 1.807) is 0 Å². The first-order chi connectivity index (χ1) is 6.00. The van der Waals surface area contributed by atoms with Crippen molar-refractivity contribution in [1.82, 2.24) is 0 Å². The zero-order valence-electron chi connectivity index (χ0n) is 7.12. The molecule has 0 unspecified atom stereocenters. The lowest BCUT2D eigenvalue weighted by molar-refractivity contribution is -0.114. The highest BCUT2D eigenvalue weighted by Gasteiger charge is 2.18. The monoisotopic (exact) mass is 438 g/mol. The molecule has 1 nitrogen and oxygen atoms in total. The third-order valence-electron chi connectivity index (χ3n) is 1.48. The van der Waals surface area contributed by atoms with Crippen LogP contribution in [0.25, 0.3) is 0 Å². The average molecular weight is 442 g/mol. The predicted octanol–water partition coefficient (Wildman–Crippen LogP) is 4.86. The maximum atomic E-state index is 11.6. The Morgan fingerprint density at radius 1 is 1.31 bits per heavy atom. The van der Waals surface area contributed by atoms with Gasteiger partial charge in [-0.2, -0.15) is 0 Å². The Balaban J connectivity index is 4.19. The summed E-state index contributed by atoms with van der Waals surface area (Å²) in [5, 5.41) is 0. The van der Waals surface area contributed by atoms with Crippen molar-refractivity contribution in [2.75, 3.05) is 0 Å².